The fourth-order valence-corrected chi connectivity index (χ4v) is 8.86. The summed E-state index contributed by atoms with van der Waals surface area (Å²) >= 11 is 8.72. The van der Waals surface area contributed by atoms with Gasteiger partial charge in [0.05, 0.1) is 31.4 Å². The topological polar surface area (TPSA) is 173 Å². The molecule has 3 atom stereocenters. The number of carbonyl (C=O) groups is 5. The SMILES string of the molecule is [B]OC(=O)[C@@]1(SCCN(C(=O)OC(C)(C)C)C(=O)C(=O)c2cc(OCc3ccc(OC)cc3)c(OCc3ccc(OC)cc3)cc2Cl)CN2C(=O)[C@@H](N)[C@H]2S1. The van der Waals surface area contributed by atoms with Crippen LogP contribution in [0.1, 0.15) is 42.3 Å². The molecule has 0 bridgehead atoms. The van der Waals surface area contributed by atoms with Crippen molar-refractivity contribution in [2.45, 2.75) is 55.1 Å². The molecule has 0 spiro atoms. The van der Waals surface area contributed by atoms with Gasteiger partial charge in [0.1, 0.15) is 41.7 Å². The van der Waals surface area contributed by atoms with Crippen LogP contribution in [0.4, 0.5) is 4.79 Å². The summed E-state index contributed by atoms with van der Waals surface area (Å²) in [5, 5.41) is -0.619. The molecule has 2 saturated heterocycles. The first-order valence-electron chi connectivity index (χ1n) is 16.8. The number of hydrogen-bond acceptors (Lipinski definition) is 14. The van der Waals surface area contributed by atoms with Crippen LogP contribution in [-0.2, 0) is 37.0 Å². The second-order valence-corrected chi connectivity index (χ2v) is 16.8. The number of hydrogen-bond donors (Lipinski definition) is 1. The summed E-state index contributed by atoms with van der Waals surface area (Å²) < 4.78 is 31.3. The van der Waals surface area contributed by atoms with Crippen LogP contribution in [0, 0.1) is 0 Å². The van der Waals surface area contributed by atoms with Crippen LogP contribution in [-0.4, -0.2) is 102 Å². The van der Waals surface area contributed by atoms with Gasteiger partial charge >= 0.3 is 26.0 Å². The van der Waals surface area contributed by atoms with Crippen LogP contribution in [0.5, 0.6) is 23.0 Å². The van der Waals surface area contributed by atoms with Crippen LogP contribution in [0.25, 0.3) is 0 Å². The third-order valence-electron chi connectivity index (χ3n) is 8.38. The van der Waals surface area contributed by atoms with Crippen molar-refractivity contribution in [2.24, 2.45) is 5.73 Å². The number of imide groups is 1. The maximum Gasteiger partial charge on any atom is 0.417 e. The maximum atomic E-state index is 14.0. The minimum absolute atomic E-state index is 0.0487. The van der Waals surface area contributed by atoms with Crippen LogP contribution >= 0.6 is 35.1 Å². The molecular weight excluding hydrogens is 773 g/mol. The summed E-state index contributed by atoms with van der Waals surface area (Å²) in [6.07, 6.45) is -1.10. The van der Waals surface area contributed by atoms with E-state index in [0.717, 1.165) is 34.7 Å². The Morgan fingerprint density at radius 2 is 1.51 bits per heavy atom. The van der Waals surface area contributed by atoms with Crippen molar-refractivity contribution in [3.05, 3.63) is 82.4 Å². The van der Waals surface area contributed by atoms with Crippen molar-refractivity contribution in [1.82, 2.24) is 9.80 Å². The molecule has 0 aromatic heterocycles. The average molecular weight is 812 g/mol. The molecule has 2 N–H and O–H groups in total. The monoisotopic (exact) mass is 811 g/mol. The van der Waals surface area contributed by atoms with E-state index >= 15 is 0 Å². The quantitative estimate of drug-likeness (QED) is 0.0964. The van der Waals surface area contributed by atoms with Gasteiger partial charge in [-0.1, -0.05) is 35.9 Å². The Labute approximate surface area is 333 Å². The summed E-state index contributed by atoms with van der Waals surface area (Å²) in [6, 6.07) is 16.2. The third kappa shape index (κ3) is 9.63. The number of Topliss-reactive ketones (excluding diaryl/α,β-unsaturated/α-hetero) is 1. The number of ether oxygens (including phenoxy) is 5. The van der Waals surface area contributed by atoms with Crippen molar-refractivity contribution in [1.29, 1.82) is 0 Å². The molecule has 5 rings (SSSR count). The second-order valence-electron chi connectivity index (χ2n) is 13.3. The highest BCUT2D eigenvalue weighted by atomic mass is 35.5. The number of methoxy groups -OCH3 is 2. The molecule has 2 radical (unpaired) electrons. The number of benzene rings is 3. The molecule has 18 heteroatoms. The average Bonchev–Trinajstić information content (AvgIpc) is 3.54. The smallest absolute Gasteiger partial charge is 0.417 e. The Morgan fingerprint density at radius 3 is 2.00 bits per heavy atom. The van der Waals surface area contributed by atoms with Crippen LogP contribution < -0.4 is 24.7 Å². The molecule has 3 amide bonds. The first-order valence-corrected chi connectivity index (χ1v) is 19.1. The van der Waals surface area contributed by atoms with E-state index in [1.807, 2.05) is 12.1 Å². The van der Waals surface area contributed by atoms with Crippen LogP contribution in [0.2, 0.25) is 5.02 Å². The lowest BCUT2D eigenvalue weighted by Crippen LogP contribution is -2.64. The van der Waals surface area contributed by atoms with Crippen molar-refractivity contribution >= 4 is 72.8 Å². The summed E-state index contributed by atoms with van der Waals surface area (Å²) in [7, 11) is 8.36. The number of halogens is 1. The van der Waals surface area contributed by atoms with Gasteiger partial charge < -0.3 is 39.0 Å². The minimum Gasteiger partial charge on any atom is -0.542 e. The molecule has 0 aliphatic carbocycles. The van der Waals surface area contributed by atoms with Crippen molar-refractivity contribution in [3.63, 3.8) is 0 Å². The third-order valence-corrected chi connectivity index (χ3v) is 11.9. The van der Waals surface area contributed by atoms with E-state index < -0.39 is 44.8 Å². The summed E-state index contributed by atoms with van der Waals surface area (Å²) in [5.41, 5.74) is 6.19. The summed E-state index contributed by atoms with van der Waals surface area (Å²) in [6.45, 7) is 4.52. The largest absolute Gasteiger partial charge is 0.542 e. The van der Waals surface area contributed by atoms with Crippen LogP contribution in [0.3, 0.4) is 0 Å². The zero-order valence-electron chi connectivity index (χ0n) is 30.7. The van der Waals surface area contributed by atoms with Gasteiger partial charge in [0.25, 0.3) is 5.78 Å². The van der Waals surface area contributed by atoms with Gasteiger partial charge in [-0.3, -0.25) is 19.2 Å². The lowest BCUT2D eigenvalue weighted by molar-refractivity contribution is -0.144. The van der Waals surface area contributed by atoms with E-state index in [-0.39, 0.29) is 60.0 Å². The van der Waals surface area contributed by atoms with E-state index in [9.17, 15) is 24.0 Å². The highest BCUT2D eigenvalue weighted by Gasteiger charge is 2.61. The van der Waals surface area contributed by atoms with Gasteiger partial charge in [0.2, 0.25) is 5.91 Å². The van der Waals surface area contributed by atoms with E-state index in [2.05, 4.69) is 4.65 Å². The first-order chi connectivity index (χ1) is 26.1. The highest BCUT2D eigenvalue weighted by molar-refractivity contribution is 8.20. The summed E-state index contributed by atoms with van der Waals surface area (Å²) in [5.74, 6) is -2.01. The number of thioether (sulfide) groups is 2. The molecule has 2 aliphatic heterocycles. The molecule has 0 saturated carbocycles. The zero-order valence-corrected chi connectivity index (χ0v) is 33.1. The van der Waals surface area contributed by atoms with E-state index in [4.69, 9.17) is 49.1 Å². The number of β-lactam (4-membered cyclic amide) rings is 1. The predicted octanol–water partition coefficient (Wildman–Crippen LogP) is 4.76. The molecule has 0 unspecified atom stereocenters. The van der Waals surface area contributed by atoms with Crippen molar-refractivity contribution in [3.8, 4) is 23.0 Å². The lowest BCUT2D eigenvalue weighted by atomic mass is 10.1. The standard InChI is InChI=1S/C37H39BClN3O11S2/c1-36(2,3)52-35(47)41(14-15-54-37(34(46)53-38)20-42-31(44)29(40)33(42)55-37)32(45)30(43)25-16-27(50-18-21-6-10-23(48-4)11-7-21)28(17-26(25)39)51-19-22-8-12-24(49-5)13-9-22/h6-13,16-17,29,33H,14-15,18-20,40H2,1-5H3/t29-,33-,37-/m1/s1. The summed E-state index contributed by atoms with van der Waals surface area (Å²) in [4.78, 5) is 68.6. The Balaban J connectivity index is 1.40. The number of fused-ring (bicyclic) bond motifs is 1. The Kier molecular flexibility index (Phi) is 13.2. The van der Waals surface area contributed by atoms with Gasteiger partial charge in [0.15, 0.2) is 15.6 Å². The zero-order chi connectivity index (χ0) is 40.1. The van der Waals surface area contributed by atoms with E-state index in [1.54, 1.807) is 71.4 Å². The molecule has 2 aliphatic rings. The first kappa shape index (κ1) is 41.6. The number of ketones is 1. The Morgan fingerprint density at radius 1 is 0.964 bits per heavy atom. The number of amides is 3. The lowest BCUT2D eigenvalue weighted by Gasteiger charge is -2.38. The predicted molar refractivity (Wildman–Crippen MR) is 206 cm³/mol. The molecule has 3 aromatic carbocycles. The van der Waals surface area contributed by atoms with Gasteiger partial charge in [0, 0.05) is 18.4 Å². The van der Waals surface area contributed by atoms with Gasteiger partial charge in [-0.25, -0.2) is 9.69 Å². The number of rotatable bonds is 15. The number of carbonyl (C=O) groups excluding carboxylic acids is 5. The molecule has 2 heterocycles. The normalized spacial score (nSPS) is 18.7. The second kappa shape index (κ2) is 17.5. The van der Waals surface area contributed by atoms with E-state index in [1.165, 1.54) is 17.0 Å². The fourth-order valence-electron chi connectivity index (χ4n) is 5.49. The van der Waals surface area contributed by atoms with Crippen LogP contribution in [0.15, 0.2) is 60.7 Å². The number of nitrogens with zero attached hydrogens (tertiary/aromatic N) is 2. The minimum atomic E-state index is -1.39. The Bertz CT molecular complexity index is 1930. The molecule has 2 fully saturated rings. The number of nitrogens with two attached hydrogens (primary N) is 1. The van der Waals surface area contributed by atoms with Gasteiger partial charge in [-0.15, -0.1) is 23.5 Å². The van der Waals surface area contributed by atoms with E-state index in [0.29, 0.717) is 16.4 Å². The molecular formula is C37H39BClN3O11S2. The molecule has 14 nitrogen and oxygen atoms in total. The molecule has 290 valence electrons. The highest BCUT2D eigenvalue weighted by Crippen LogP contribution is 2.52. The maximum absolute atomic E-state index is 14.0. The van der Waals surface area contributed by atoms with Gasteiger partial charge in [-0.05, 0) is 62.2 Å². The van der Waals surface area contributed by atoms with Crippen molar-refractivity contribution in [2.75, 3.05) is 33.1 Å². The molecule has 55 heavy (non-hydrogen) atoms. The van der Waals surface area contributed by atoms with Crippen molar-refractivity contribution < 1.29 is 52.3 Å². The Hall–Kier alpha value is -4.58. The molecule has 3 aromatic rings. The van der Waals surface area contributed by atoms with Gasteiger partial charge in [-0.2, -0.15) is 0 Å². The fraction of sp³-hybridized carbons (Fsp3) is 0.378.